The number of fused-ring (bicyclic) bond motifs is 1. The summed E-state index contributed by atoms with van der Waals surface area (Å²) in [6.45, 7) is 2.08. The molecule has 0 saturated carbocycles. The summed E-state index contributed by atoms with van der Waals surface area (Å²) < 4.78 is 1.86. The Kier molecular flexibility index (Phi) is 3.01. The summed E-state index contributed by atoms with van der Waals surface area (Å²) in [5.41, 5.74) is 10.2. The Morgan fingerprint density at radius 2 is 1.84 bits per heavy atom. The number of hydrogen-bond acceptors (Lipinski definition) is 3. The minimum Gasteiger partial charge on any atom is -0.324 e. The standard InChI is InChI=1S/C15H16N4/c1-2-12(16)11-7-3-5-9-14(11)19-15-10-6-4-8-13(15)17-18-19/h3-10,12H,2,16H2,1H3. The number of aromatic nitrogens is 3. The Morgan fingerprint density at radius 1 is 1.11 bits per heavy atom. The largest absolute Gasteiger partial charge is 0.324 e. The van der Waals surface area contributed by atoms with Gasteiger partial charge in [0, 0.05) is 6.04 Å². The van der Waals surface area contributed by atoms with Crippen LogP contribution < -0.4 is 5.73 Å². The highest BCUT2D eigenvalue weighted by atomic mass is 15.4. The van der Waals surface area contributed by atoms with Crippen molar-refractivity contribution in [3.63, 3.8) is 0 Å². The molecule has 2 N–H and O–H groups in total. The van der Waals surface area contributed by atoms with E-state index in [0.717, 1.165) is 28.7 Å². The van der Waals surface area contributed by atoms with Crippen LogP contribution in [0.2, 0.25) is 0 Å². The molecule has 0 aliphatic heterocycles. The molecule has 2 aromatic carbocycles. The first-order chi connectivity index (χ1) is 9.31. The summed E-state index contributed by atoms with van der Waals surface area (Å²) in [5, 5.41) is 8.45. The lowest BCUT2D eigenvalue weighted by Gasteiger charge is -2.14. The van der Waals surface area contributed by atoms with Gasteiger partial charge in [0.2, 0.25) is 0 Å². The van der Waals surface area contributed by atoms with Gasteiger partial charge in [-0.2, -0.15) is 0 Å². The quantitative estimate of drug-likeness (QED) is 0.779. The number of rotatable bonds is 3. The SMILES string of the molecule is CCC(N)c1ccccc1-n1nnc2ccccc21. The molecule has 96 valence electrons. The van der Waals surface area contributed by atoms with Crippen LogP contribution in [0, 0.1) is 0 Å². The van der Waals surface area contributed by atoms with Gasteiger partial charge in [-0.3, -0.25) is 0 Å². The Labute approximate surface area is 111 Å². The second-order valence-corrected chi connectivity index (χ2v) is 4.56. The summed E-state index contributed by atoms with van der Waals surface area (Å²) in [4.78, 5) is 0. The van der Waals surface area contributed by atoms with Gasteiger partial charge < -0.3 is 5.73 Å². The predicted molar refractivity (Wildman–Crippen MR) is 76.1 cm³/mol. The molecule has 1 heterocycles. The zero-order valence-corrected chi connectivity index (χ0v) is 10.8. The zero-order valence-electron chi connectivity index (χ0n) is 10.8. The number of para-hydroxylation sites is 2. The molecule has 4 heteroatoms. The molecule has 0 amide bonds. The van der Waals surface area contributed by atoms with Crippen LogP contribution in [0.1, 0.15) is 24.9 Å². The number of benzene rings is 2. The highest BCUT2D eigenvalue weighted by molar-refractivity contribution is 5.76. The van der Waals surface area contributed by atoms with Gasteiger partial charge in [-0.25, -0.2) is 4.68 Å². The van der Waals surface area contributed by atoms with Crippen LogP contribution in [0.25, 0.3) is 16.7 Å². The first kappa shape index (κ1) is 11.9. The van der Waals surface area contributed by atoms with E-state index in [0.29, 0.717) is 0 Å². The van der Waals surface area contributed by atoms with Crippen LogP contribution in [-0.2, 0) is 0 Å². The summed E-state index contributed by atoms with van der Waals surface area (Å²) in [6.07, 6.45) is 0.893. The van der Waals surface area contributed by atoms with Crippen molar-refractivity contribution in [1.29, 1.82) is 0 Å². The van der Waals surface area contributed by atoms with Crippen molar-refractivity contribution >= 4 is 11.0 Å². The van der Waals surface area contributed by atoms with E-state index in [1.807, 2.05) is 47.1 Å². The van der Waals surface area contributed by atoms with E-state index in [-0.39, 0.29) is 6.04 Å². The molecule has 0 bridgehead atoms. The maximum Gasteiger partial charge on any atom is 0.113 e. The fourth-order valence-corrected chi connectivity index (χ4v) is 2.26. The average Bonchev–Trinajstić information content (AvgIpc) is 2.90. The Balaban J connectivity index is 2.22. The van der Waals surface area contributed by atoms with Crippen molar-refractivity contribution in [3.8, 4) is 5.69 Å². The molecule has 3 rings (SSSR count). The summed E-state index contributed by atoms with van der Waals surface area (Å²) in [5.74, 6) is 0. The summed E-state index contributed by atoms with van der Waals surface area (Å²) in [7, 11) is 0. The smallest absolute Gasteiger partial charge is 0.113 e. The van der Waals surface area contributed by atoms with Gasteiger partial charge in [0.15, 0.2) is 0 Å². The molecular formula is C15H16N4. The van der Waals surface area contributed by atoms with Gasteiger partial charge in [0.05, 0.1) is 11.2 Å². The predicted octanol–water partition coefficient (Wildman–Crippen LogP) is 2.83. The number of nitrogens with zero attached hydrogens (tertiary/aromatic N) is 3. The molecule has 0 fully saturated rings. The molecule has 0 aliphatic carbocycles. The van der Waals surface area contributed by atoms with Gasteiger partial charge >= 0.3 is 0 Å². The normalized spacial score (nSPS) is 12.7. The van der Waals surface area contributed by atoms with Gasteiger partial charge in [-0.05, 0) is 30.2 Å². The second-order valence-electron chi connectivity index (χ2n) is 4.56. The van der Waals surface area contributed by atoms with E-state index in [4.69, 9.17) is 5.73 Å². The Hall–Kier alpha value is -2.20. The van der Waals surface area contributed by atoms with Crippen LogP contribution in [0.3, 0.4) is 0 Å². The first-order valence-corrected chi connectivity index (χ1v) is 6.46. The van der Waals surface area contributed by atoms with Crippen molar-refractivity contribution < 1.29 is 0 Å². The summed E-state index contributed by atoms with van der Waals surface area (Å²) >= 11 is 0. The first-order valence-electron chi connectivity index (χ1n) is 6.46. The average molecular weight is 252 g/mol. The third-order valence-corrected chi connectivity index (χ3v) is 3.36. The van der Waals surface area contributed by atoms with Gasteiger partial charge in [0.1, 0.15) is 5.52 Å². The van der Waals surface area contributed by atoms with Crippen LogP contribution in [-0.4, -0.2) is 15.0 Å². The van der Waals surface area contributed by atoms with Crippen molar-refractivity contribution in [2.75, 3.05) is 0 Å². The lowest BCUT2D eigenvalue weighted by molar-refractivity contribution is 0.684. The summed E-state index contributed by atoms with van der Waals surface area (Å²) in [6, 6.07) is 16.0. The zero-order chi connectivity index (χ0) is 13.2. The van der Waals surface area contributed by atoms with Crippen molar-refractivity contribution in [2.45, 2.75) is 19.4 Å². The molecule has 0 spiro atoms. The molecule has 0 radical (unpaired) electrons. The molecule has 1 unspecified atom stereocenters. The fourth-order valence-electron chi connectivity index (χ4n) is 2.26. The molecule has 3 aromatic rings. The Morgan fingerprint density at radius 3 is 2.68 bits per heavy atom. The van der Waals surface area contributed by atoms with Gasteiger partial charge in [-0.15, -0.1) is 5.10 Å². The van der Waals surface area contributed by atoms with Crippen LogP contribution in [0.5, 0.6) is 0 Å². The lowest BCUT2D eigenvalue weighted by atomic mass is 10.0. The molecule has 4 nitrogen and oxygen atoms in total. The van der Waals surface area contributed by atoms with Crippen LogP contribution in [0.15, 0.2) is 48.5 Å². The van der Waals surface area contributed by atoms with Crippen molar-refractivity contribution in [3.05, 3.63) is 54.1 Å². The molecule has 1 atom stereocenters. The van der Waals surface area contributed by atoms with E-state index in [1.165, 1.54) is 0 Å². The minimum absolute atomic E-state index is 0.0131. The topological polar surface area (TPSA) is 56.7 Å². The van der Waals surface area contributed by atoms with E-state index < -0.39 is 0 Å². The van der Waals surface area contributed by atoms with Crippen molar-refractivity contribution in [2.24, 2.45) is 5.73 Å². The van der Waals surface area contributed by atoms with Gasteiger partial charge in [0.25, 0.3) is 0 Å². The molecule has 19 heavy (non-hydrogen) atoms. The highest BCUT2D eigenvalue weighted by Crippen LogP contribution is 2.24. The lowest BCUT2D eigenvalue weighted by Crippen LogP contribution is -2.12. The minimum atomic E-state index is 0.0131. The van der Waals surface area contributed by atoms with Gasteiger partial charge in [-0.1, -0.05) is 42.5 Å². The number of nitrogens with two attached hydrogens (primary N) is 1. The van der Waals surface area contributed by atoms with E-state index in [9.17, 15) is 0 Å². The Bertz CT molecular complexity index is 702. The third-order valence-electron chi connectivity index (χ3n) is 3.36. The maximum atomic E-state index is 6.18. The number of hydrogen-bond donors (Lipinski definition) is 1. The van der Waals surface area contributed by atoms with Crippen LogP contribution >= 0.6 is 0 Å². The maximum absolute atomic E-state index is 6.18. The molecule has 0 aliphatic rings. The monoisotopic (exact) mass is 252 g/mol. The molecular weight excluding hydrogens is 236 g/mol. The van der Waals surface area contributed by atoms with Crippen molar-refractivity contribution in [1.82, 2.24) is 15.0 Å². The van der Waals surface area contributed by atoms with E-state index in [2.05, 4.69) is 23.3 Å². The van der Waals surface area contributed by atoms with Crippen LogP contribution in [0.4, 0.5) is 0 Å². The highest BCUT2D eigenvalue weighted by Gasteiger charge is 2.13. The van der Waals surface area contributed by atoms with E-state index >= 15 is 0 Å². The molecule has 0 saturated heterocycles. The van der Waals surface area contributed by atoms with E-state index in [1.54, 1.807) is 0 Å². The fraction of sp³-hybridized carbons (Fsp3) is 0.200. The second kappa shape index (κ2) is 4.82. The third kappa shape index (κ3) is 2.00. The molecule has 1 aromatic heterocycles.